The minimum Gasteiger partial charge on any atom is -0.497 e. The molecule has 2 aromatic heterocycles. The number of furan rings is 1. The Morgan fingerprint density at radius 1 is 1.08 bits per heavy atom. The largest absolute Gasteiger partial charge is 0.497 e. The number of benzene rings is 2. The zero-order chi connectivity index (χ0) is 16.7. The third-order valence-corrected chi connectivity index (χ3v) is 3.86. The van der Waals surface area contributed by atoms with Crippen molar-refractivity contribution in [3.05, 3.63) is 53.8 Å². The summed E-state index contributed by atoms with van der Waals surface area (Å²) in [6, 6.07) is 11.4. The highest BCUT2D eigenvalue weighted by molar-refractivity contribution is 5.87. The summed E-state index contributed by atoms with van der Waals surface area (Å²) < 4.78 is 29.4. The molecule has 2 heterocycles. The van der Waals surface area contributed by atoms with Crippen molar-refractivity contribution in [1.29, 1.82) is 0 Å². The van der Waals surface area contributed by atoms with Crippen molar-refractivity contribution < 1.29 is 18.1 Å². The predicted molar refractivity (Wildman–Crippen MR) is 86.2 cm³/mol. The Hall–Kier alpha value is -3.15. The zero-order valence-corrected chi connectivity index (χ0v) is 13.0. The molecule has 0 aliphatic carbocycles. The summed E-state index contributed by atoms with van der Waals surface area (Å²) in [5, 5.41) is 4.91. The summed E-state index contributed by atoms with van der Waals surface area (Å²) in [6.07, 6.45) is 0. The molecule has 4 aromatic rings. The van der Waals surface area contributed by atoms with Crippen molar-refractivity contribution in [1.82, 2.24) is 10.1 Å². The number of methoxy groups -OCH3 is 1. The number of aromatic nitrogens is 2. The lowest BCUT2D eigenvalue weighted by atomic mass is 10.1. The Balaban J connectivity index is 1.78. The van der Waals surface area contributed by atoms with Crippen molar-refractivity contribution in [3.63, 3.8) is 0 Å². The van der Waals surface area contributed by atoms with Gasteiger partial charge in [-0.3, -0.25) is 0 Å². The molecular formula is C18H13FN2O3. The van der Waals surface area contributed by atoms with Crippen molar-refractivity contribution in [2.45, 2.75) is 6.92 Å². The fourth-order valence-electron chi connectivity index (χ4n) is 2.57. The Kier molecular flexibility index (Phi) is 3.30. The van der Waals surface area contributed by atoms with Crippen LogP contribution in [0.25, 0.3) is 34.0 Å². The smallest absolute Gasteiger partial charge is 0.258 e. The molecule has 0 bridgehead atoms. The average Bonchev–Trinajstić information content (AvgIpc) is 3.20. The number of ether oxygens (including phenoxy) is 1. The van der Waals surface area contributed by atoms with E-state index in [9.17, 15) is 4.39 Å². The summed E-state index contributed by atoms with van der Waals surface area (Å²) in [4.78, 5) is 4.35. The Morgan fingerprint density at radius 3 is 2.62 bits per heavy atom. The van der Waals surface area contributed by atoms with Gasteiger partial charge in [0.15, 0.2) is 5.76 Å². The first kappa shape index (κ1) is 14.4. The first-order valence-corrected chi connectivity index (χ1v) is 7.33. The number of halogens is 1. The summed E-state index contributed by atoms with van der Waals surface area (Å²) in [7, 11) is 1.62. The van der Waals surface area contributed by atoms with Gasteiger partial charge in [-0.2, -0.15) is 4.98 Å². The molecular weight excluding hydrogens is 311 g/mol. The molecule has 0 amide bonds. The molecule has 0 saturated heterocycles. The summed E-state index contributed by atoms with van der Waals surface area (Å²) in [6.45, 7) is 1.93. The van der Waals surface area contributed by atoms with Gasteiger partial charge in [0.05, 0.1) is 7.11 Å². The molecule has 0 atom stereocenters. The van der Waals surface area contributed by atoms with Gasteiger partial charge in [-0.1, -0.05) is 5.16 Å². The van der Waals surface area contributed by atoms with Crippen LogP contribution in [0.1, 0.15) is 5.56 Å². The van der Waals surface area contributed by atoms with Gasteiger partial charge in [-0.05, 0) is 49.4 Å². The minimum atomic E-state index is -0.319. The van der Waals surface area contributed by atoms with Crippen LogP contribution in [-0.2, 0) is 0 Å². The van der Waals surface area contributed by atoms with Gasteiger partial charge in [0.1, 0.15) is 17.1 Å². The van der Waals surface area contributed by atoms with Gasteiger partial charge >= 0.3 is 0 Å². The first-order valence-electron chi connectivity index (χ1n) is 7.33. The average molecular weight is 324 g/mol. The molecule has 24 heavy (non-hydrogen) atoms. The van der Waals surface area contributed by atoms with Gasteiger partial charge in [0.2, 0.25) is 5.82 Å². The number of hydrogen-bond acceptors (Lipinski definition) is 5. The Bertz CT molecular complexity index is 1020. The van der Waals surface area contributed by atoms with E-state index in [-0.39, 0.29) is 5.82 Å². The molecule has 2 aromatic carbocycles. The fraction of sp³-hybridized carbons (Fsp3) is 0.111. The highest BCUT2D eigenvalue weighted by atomic mass is 19.1. The maximum absolute atomic E-state index is 13.0. The quantitative estimate of drug-likeness (QED) is 0.551. The van der Waals surface area contributed by atoms with Crippen LogP contribution in [0.2, 0.25) is 0 Å². The second-order valence-electron chi connectivity index (χ2n) is 5.35. The second kappa shape index (κ2) is 5.49. The summed E-state index contributed by atoms with van der Waals surface area (Å²) in [5.41, 5.74) is 2.26. The summed E-state index contributed by atoms with van der Waals surface area (Å²) in [5.74, 6) is 1.62. The molecule has 6 heteroatoms. The lowest BCUT2D eigenvalue weighted by molar-refractivity contribution is 0.415. The zero-order valence-electron chi connectivity index (χ0n) is 13.0. The molecule has 0 fully saturated rings. The van der Waals surface area contributed by atoms with Crippen LogP contribution in [-0.4, -0.2) is 17.3 Å². The number of fused-ring (bicyclic) bond motifs is 1. The fourth-order valence-corrected chi connectivity index (χ4v) is 2.57. The molecule has 5 nitrogen and oxygen atoms in total. The van der Waals surface area contributed by atoms with Crippen molar-refractivity contribution >= 4 is 11.0 Å². The van der Waals surface area contributed by atoms with Crippen LogP contribution < -0.4 is 4.74 Å². The van der Waals surface area contributed by atoms with Gasteiger partial charge in [0, 0.05) is 16.5 Å². The van der Waals surface area contributed by atoms with E-state index < -0.39 is 0 Å². The van der Waals surface area contributed by atoms with Crippen LogP contribution >= 0.6 is 0 Å². The molecule has 0 radical (unpaired) electrons. The molecule has 0 spiro atoms. The van der Waals surface area contributed by atoms with E-state index in [1.807, 2.05) is 25.1 Å². The predicted octanol–water partition coefficient (Wildman–Crippen LogP) is 4.61. The van der Waals surface area contributed by atoms with Gasteiger partial charge in [0.25, 0.3) is 5.89 Å². The van der Waals surface area contributed by atoms with Gasteiger partial charge in [-0.15, -0.1) is 0 Å². The third-order valence-electron chi connectivity index (χ3n) is 3.86. The van der Waals surface area contributed by atoms with E-state index in [4.69, 9.17) is 13.7 Å². The maximum atomic E-state index is 13.0. The third kappa shape index (κ3) is 2.32. The van der Waals surface area contributed by atoms with Crippen LogP contribution in [0.3, 0.4) is 0 Å². The SMILES string of the molecule is COc1ccc2oc(-c3noc(-c4ccc(F)cc4)n3)c(C)c2c1. The Labute approximate surface area is 136 Å². The standard InChI is InChI=1S/C18H13FN2O3/c1-10-14-9-13(22-2)7-8-15(14)23-16(10)17-20-18(24-21-17)11-3-5-12(19)6-4-11/h3-9H,1-2H3. The first-order chi connectivity index (χ1) is 11.7. The van der Waals surface area contributed by atoms with E-state index in [1.165, 1.54) is 12.1 Å². The number of aryl methyl sites for hydroxylation is 1. The molecule has 0 N–H and O–H groups in total. The van der Waals surface area contributed by atoms with E-state index >= 15 is 0 Å². The maximum Gasteiger partial charge on any atom is 0.258 e. The lowest BCUT2D eigenvalue weighted by Gasteiger charge is -1.97. The summed E-state index contributed by atoms with van der Waals surface area (Å²) >= 11 is 0. The van der Waals surface area contributed by atoms with E-state index in [0.717, 1.165) is 22.3 Å². The normalized spacial score (nSPS) is 11.1. The topological polar surface area (TPSA) is 61.3 Å². The Morgan fingerprint density at radius 2 is 1.88 bits per heavy atom. The van der Waals surface area contributed by atoms with Crippen molar-refractivity contribution in [3.8, 4) is 28.8 Å². The molecule has 4 rings (SSSR count). The van der Waals surface area contributed by atoms with E-state index in [0.29, 0.717) is 23.0 Å². The molecule has 0 aliphatic heterocycles. The molecule has 0 unspecified atom stereocenters. The van der Waals surface area contributed by atoms with Crippen LogP contribution in [0.4, 0.5) is 4.39 Å². The van der Waals surface area contributed by atoms with Crippen LogP contribution in [0, 0.1) is 12.7 Å². The lowest BCUT2D eigenvalue weighted by Crippen LogP contribution is -1.83. The number of hydrogen-bond donors (Lipinski definition) is 0. The molecule has 0 saturated carbocycles. The highest BCUT2D eigenvalue weighted by Gasteiger charge is 2.19. The molecule has 120 valence electrons. The van der Waals surface area contributed by atoms with Crippen LogP contribution in [0.15, 0.2) is 51.4 Å². The monoisotopic (exact) mass is 324 g/mol. The number of nitrogens with zero attached hydrogens (tertiary/aromatic N) is 2. The van der Waals surface area contributed by atoms with Gasteiger partial charge < -0.3 is 13.7 Å². The number of rotatable bonds is 3. The minimum absolute atomic E-state index is 0.308. The second-order valence-corrected chi connectivity index (χ2v) is 5.35. The van der Waals surface area contributed by atoms with Crippen molar-refractivity contribution in [2.24, 2.45) is 0 Å². The van der Waals surface area contributed by atoms with Crippen LogP contribution in [0.5, 0.6) is 5.75 Å². The highest BCUT2D eigenvalue weighted by Crippen LogP contribution is 2.34. The van der Waals surface area contributed by atoms with Gasteiger partial charge in [-0.25, -0.2) is 4.39 Å². The molecule has 0 aliphatic rings. The van der Waals surface area contributed by atoms with E-state index in [2.05, 4.69) is 10.1 Å². The van der Waals surface area contributed by atoms with Crippen molar-refractivity contribution in [2.75, 3.05) is 7.11 Å². The van der Waals surface area contributed by atoms with E-state index in [1.54, 1.807) is 19.2 Å².